The van der Waals surface area contributed by atoms with E-state index in [0.29, 0.717) is 28.9 Å². The minimum atomic E-state index is -4.49. The standard InChI is InChI=1S/C18H19F3O3S/c1-3-5-6-11-7-14(24-10-25)13-8-15(23-9-18(19,20)21)17(22)16(13)12(11)4-2/h4,7,10,15H,2-3,5-6,8-9H2,1H3. The van der Waals surface area contributed by atoms with Gasteiger partial charge in [-0.1, -0.05) is 26.0 Å². The zero-order valence-electron chi connectivity index (χ0n) is 13.8. The zero-order chi connectivity index (χ0) is 18.6. The summed E-state index contributed by atoms with van der Waals surface area (Å²) in [6.45, 7) is 4.33. The van der Waals surface area contributed by atoms with Crippen LogP contribution in [0.1, 0.15) is 46.8 Å². The maximum atomic E-state index is 12.6. The highest BCUT2D eigenvalue weighted by molar-refractivity contribution is 7.78. The lowest BCUT2D eigenvalue weighted by Crippen LogP contribution is -2.27. The molecule has 25 heavy (non-hydrogen) atoms. The largest absolute Gasteiger partial charge is 0.453 e. The number of hydrogen-bond acceptors (Lipinski definition) is 4. The molecule has 0 N–H and O–H groups in total. The van der Waals surface area contributed by atoms with Crippen LogP contribution in [-0.4, -0.2) is 30.2 Å². The van der Waals surface area contributed by atoms with E-state index in [1.807, 2.05) is 6.92 Å². The molecule has 0 aromatic heterocycles. The van der Waals surface area contributed by atoms with Crippen molar-refractivity contribution in [3.05, 3.63) is 34.9 Å². The number of ether oxygens (including phenoxy) is 2. The molecule has 2 rings (SSSR count). The van der Waals surface area contributed by atoms with Crippen LogP contribution in [0.15, 0.2) is 12.6 Å². The van der Waals surface area contributed by atoms with Crippen molar-refractivity contribution in [3.8, 4) is 5.75 Å². The van der Waals surface area contributed by atoms with E-state index in [9.17, 15) is 18.0 Å². The van der Waals surface area contributed by atoms with Gasteiger partial charge in [0.1, 0.15) is 18.5 Å². The molecule has 7 heteroatoms. The van der Waals surface area contributed by atoms with Crippen LogP contribution >= 0.6 is 12.2 Å². The number of rotatable bonds is 8. The predicted molar refractivity (Wildman–Crippen MR) is 93.3 cm³/mol. The number of aryl methyl sites for hydroxylation is 1. The first-order chi connectivity index (χ1) is 11.8. The van der Waals surface area contributed by atoms with E-state index < -0.39 is 24.7 Å². The Hall–Kier alpha value is -1.73. The third-order valence-electron chi connectivity index (χ3n) is 4.08. The summed E-state index contributed by atoms with van der Waals surface area (Å²) < 4.78 is 47.4. The van der Waals surface area contributed by atoms with Crippen molar-refractivity contribution in [2.24, 2.45) is 0 Å². The number of Topliss-reactive ketones (excluding diaryl/α,β-unsaturated/α-hetero) is 1. The Morgan fingerprint density at radius 1 is 1.44 bits per heavy atom. The minimum absolute atomic E-state index is 0.0254. The van der Waals surface area contributed by atoms with E-state index in [-0.39, 0.29) is 6.42 Å². The highest BCUT2D eigenvalue weighted by Gasteiger charge is 2.39. The molecule has 1 aromatic rings. The summed E-state index contributed by atoms with van der Waals surface area (Å²) in [4.78, 5) is 12.6. The number of carbonyl (C=O) groups excluding carboxylic acids is 1. The Morgan fingerprint density at radius 2 is 2.16 bits per heavy atom. The second-order valence-corrected chi connectivity index (χ2v) is 6.00. The summed E-state index contributed by atoms with van der Waals surface area (Å²) >= 11 is 4.72. The van der Waals surface area contributed by atoms with E-state index in [0.717, 1.165) is 24.0 Å². The average molecular weight is 372 g/mol. The van der Waals surface area contributed by atoms with Gasteiger partial charge < -0.3 is 9.47 Å². The van der Waals surface area contributed by atoms with Crippen molar-refractivity contribution in [1.82, 2.24) is 0 Å². The zero-order valence-corrected chi connectivity index (χ0v) is 14.6. The number of fused-ring (bicyclic) bond motifs is 1. The van der Waals surface area contributed by atoms with Gasteiger partial charge in [-0.2, -0.15) is 13.2 Å². The van der Waals surface area contributed by atoms with Crippen molar-refractivity contribution in [2.45, 2.75) is 44.9 Å². The van der Waals surface area contributed by atoms with Crippen molar-refractivity contribution in [1.29, 1.82) is 0 Å². The van der Waals surface area contributed by atoms with Gasteiger partial charge in [0.15, 0.2) is 11.3 Å². The normalized spacial score (nSPS) is 16.6. The number of hydrogen-bond donors (Lipinski definition) is 0. The van der Waals surface area contributed by atoms with Crippen LogP contribution in [0.5, 0.6) is 5.75 Å². The van der Waals surface area contributed by atoms with Crippen molar-refractivity contribution in [3.63, 3.8) is 0 Å². The second-order valence-electron chi connectivity index (χ2n) is 5.81. The average Bonchev–Trinajstić information content (AvgIpc) is 2.88. The fourth-order valence-corrected chi connectivity index (χ4v) is 3.09. The van der Waals surface area contributed by atoms with Crippen molar-refractivity contribution >= 4 is 29.6 Å². The van der Waals surface area contributed by atoms with Gasteiger partial charge in [-0.05, 0) is 42.3 Å². The second kappa shape index (κ2) is 8.10. The van der Waals surface area contributed by atoms with Gasteiger partial charge in [0, 0.05) is 17.5 Å². The maximum absolute atomic E-state index is 12.6. The highest BCUT2D eigenvalue weighted by atomic mass is 32.1. The quantitative estimate of drug-likeness (QED) is 0.620. The molecule has 0 radical (unpaired) electrons. The lowest BCUT2D eigenvalue weighted by molar-refractivity contribution is -0.179. The van der Waals surface area contributed by atoms with Gasteiger partial charge in [0.25, 0.3) is 0 Å². The topological polar surface area (TPSA) is 35.5 Å². The van der Waals surface area contributed by atoms with Crippen LogP contribution < -0.4 is 4.74 Å². The Labute approximate surface area is 149 Å². The summed E-state index contributed by atoms with van der Waals surface area (Å²) in [6.07, 6.45) is -1.51. The van der Waals surface area contributed by atoms with Crippen LogP contribution in [0, 0.1) is 0 Å². The molecule has 1 unspecified atom stereocenters. The minimum Gasteiger partial charge on any atom is -0.453 e. The van der Waals surface area contributed by atoms with Gasteiger partial charge in [-0.3, -0.25) is 4.79 Å². The molecule has 1 aliphatic carbocycles. The number of carbonyl (C=O) groups is 1. The molecule has 0 saturated heterocycles. The number of benzene rings is 1. The van der Waals surface area contributed by atoms with Gasteiger partial charge >= 0.3 is 6.18 Å². The number of alkyl halides is 3. The lowest BCUT2D eigenvalue weighted by atomic mass is 9.93. The van der Waals surface area contributed by atoms with Crippen LogP contribution in [0.25, 0.3) is 6.08 Å². The SMILES string of the molecule is C=Cc1c(CCCC)cc(OC=S)c2c1C(=O)C(OCC(F)(F)F)C2. The van der Waals surface area contributed by atoms with E-state index in [1.54, 1.807) is 12.1 Å². The van der Waals surface area contributed by atoms with E-state index in [1.165, 1.54) is 0 Å². The number of thiocarbonyl (C=S) groups is 1. The first-order valence-electron chi connectivity index (χ1n) is 7.96. The van der Waals surface area contributed by atoms with Gasteiger partial charge in [0.05, 0.1) is 0 Å². The fraction of sp³-hybridized carbons (Fsp3) is 0.444. The molecule has 1 aliphatic rings. The molecule has 0 bridgehead atoms. The van der Waals surface area contributed by atoms with Crippen LogP contribution in [0.4, 0.5) is 13.2 Å². The third kappa shape index (κ3) is 4.46. The third-order valence-corrected chi connectivity index (χ3v) is 4.17. The number of halogens is 3. The first kappa shape index (κ1) is 19.6. The Kier molecular flexibility index (Phi) is 6.35. The summed E-state index contributed by atoms with van der Waals surface area (Å²) in [7, 11) is 0. The molecular formula is C18H19F3O3S. The van der Waals surface area contributed by atoms with Crippen LogP contribution in [-0.2, 0) is 17.6 Å². The Bertz CT molecular complexity index is 683. The van der Waals surface area contributed by atoms with E-state index >= 15 is 0 Å². The van der Waals surface area contributed by atoms with E-state index in [4.69, 9.17) is 21.7 Å². The molecule has 0 spiro atoms. The molecule has 3 nitrogen and oxygen atoms in total. The molecule has 0 fully saturated rings. The predicted octanol–water partition coefficient (Wildman–Crippen LogP) is 4.69. The van der Waals surface area contributed by atoms with Gasteiger partial charge in [-0.15, -0.1) is 0 Å². The summed E-state index contributed by atoms with van der Waals surface area (Å²) in [5.41, 5.74) is 3.44. The lowest BCUT2D eigenvalue weighted by Gasteiger charge is -2.14. The molecule has 136 valence electrons. The first-order valence-corrected chi connectivity index (χ1v) is 8.43. The fourth-order valence-electron chi connectivity index (χ4n) is 2.99. The number of ketones is 1. The van der Waals surface area contributed by atoms with Crippen LogP contribution in [0.3, 0.4) is 0 Å². The Balaban J connectivity index is 2.43. The summed E-state index contributed by atoms with van der Waals surface area (Å²) in [5.74, 6) is -0.0742. The number of unbranched alkanes of at least 4 members (excludes halogenated alkanes) is 1. The van der Waals surface area contributed by atoms with Crippen molar-refractivity contribution < 1.29 is 27.4 Å². The molecule has 0 heterocycles. The summed E-state index contributed by atoms with van der Waals surface area (Å²) in [6, 6.07) is 1.79. The monoisotopic (exact) mass is 372 g/mol. The highest BCUT2D eigenvalue weighted by Crippen LogP contribution is 2.38. The maximum Gasteiger partial charge on any atom is 0.411 e. The molecular weight excluding hydrogens is 353 g/mol. The van der Waals surface area contributed by atoms with Crippen LogP contribution in [0.2, 0.25) is 0 Å². The molecule has 0 amide bonds. The molecule has 0 saturated carbocycles. The Morgan fingerprint density at radius 3 is 2.72 bits per heavy atom. The summed E-state index contributed by atoms with van der Waals surface area (Å²) in [5, 5.41) is 0. The molecule has 1 atom stereocenters. The van der Waals surface area contributed by atoms with E-state index in [2.05, 4.69) is 6.58 Å². The van der Waals surface area contributed by atoms with Crippen molar-refractivity contribution in [2.75, 3.05) is 6.61 Å². The molecule has 1 aromatic carbocycles. The van der Waals surface area contributed by atoms with Gasteiger partial charge in [-0.25, -0.2) is 0 Å². The van der Waals surface area contributed by atoms with Gasteiger partial charge in [0.2, 0.25) is 0 Å². The smallest absolute Gasteiger partial charge is 0.411 e. The molecule has 0 aliphatic heterocycles.